The Balaban J connectivity index is 2.41. The van der Waals surface area contributed by atoms with Gasteiger partial charge in [0.05, 0.1) is 11.0 Å². The Hall–Kier alpha value is -1.44. The first-order valence-corrected chi connectivity index (χ1v) is 7.26. The number of β-amino-alcohol motifs (C(OH)–C–C–N with tert-alkyl or cyclic N) is 1. The lowest BCUT2D eigenvalue weighted by atomic mass is 10.2. The summed E-state index contributed by atoms with van der Waals surface area (Å²) in [6.07, 6.45) is -1.03. The van der Waals surface area contributed by atoms with E-state index in [0.29, 0.717) is 0 Å². The fourth-order valence-electron chi connectivity index (χ4n) is 2.19. The minimum Gasteiger partial charge on any atom is -0.480 e. The molecule has 0 radical (unpaired) electrons. The number of hydrogen-bond donors (Lipinski definition) is 2. The van der Waals surface area contributed by atoms with E-state index in [0.717, 1.165) is 9.87 Å². The van der Waals surface area contributed by atoms with E-state index in [9.17, 15) is 18.3 Å². The van der Waals surface area contributed by atoms with E-state index in [1.807, 2.05) is 0 Å². The predicted octanol–water partition coefficient (Wildman–Crippen LogP) is 0.204. The summed E-state index contributed by atoms with van der Waals surface area (Å²) in [5, 5.41) is 18.6. The van der Waals surface area contributed by atoms with Gasteiger partial charge in [-0.15, -0.1) is 0 Å². The van der Waals surface area contributed by atoms with Crippen molar-refractivity contribution in [3.63, 3.8) is 0 Å². The van der Waals surface area contributed by atoms with Crippen molar-refractivity contribution < 1.29 is 23.4 Å². The van der Waals surface area contributed by atoms with Crippen molar-refractivity contribution in [3.05, 3.63) is 29.8 Å². The third-order valence-corrected chi connectivity index (χ3v) is 4.99. The van der Waals surface area contributed by atoms with Gasteiger partial charge in [0.25, 0.3) is 0 Å². The van der Waals surface area contributed by atoms with Crippen LogP contribution in [0.5, 0.6) is 0 Å². The summed E-state index contributed by atoms with van der Waals surface area (Å²) in [5.41, 5.74) is 0.771. The summed E-state index contributed by atoms with van der Waals surface area (Å²) >= 11 is 0. The fraction of sp³-hybridized carbons (Fsp3) is 0.417. The Morgan fingerprint density at radius 1 is 1.42 bits per heavy atom. The van der Waals surface area contributed by atoms with Gasteiger partial charge in [-0.05, 0) is 24.6 Å². The lowest BCUT2D eigenvalue weighted by molar-refractivity contribution is -0.140. The number of carboxylic acids is 1. The second-order valence-electron chi connectivity index (χ2n) is 4.63. The van der Waals surface area contributed by atoms with Crippen molar-refractivity contribution >= 4 is 16.0 Å². The molecule has 2 rings (SSSR count). The van der Waals surface area contributed by atoms with Gasteiger partial charge in [-0.1, -0.05) is 12.1 Å². The van der Waals surface area contributed by atoms with Crippen molar-refractivity contribution in [2.75, 3.05) is 6.54 Å². The van der Waals surface area contributed by atoms with Crippen molar-refractivity contribution in [2.24, 2.45) is 0 Å². The van der Waals surface area contributed by atoms with Crippen LogP contribution in [0, 0.1) is 6.92 Å². The average molecular weight is 285 g/mol. The quantitative estimate of drug-likeness (QED) is 0.827. The molecule has 0 bridgehead atoms. The highest BCUT2D eigenvalue weighted by atomic mass is 32.2. The molecule has 0 unspecified atom stereocenters. The normalized spacial score (nSPS) is 24.5. The van der Waals surface area contributed by atoms with Crippen molar-refractivity contribution in [2.45, 2.75) is 30.4 Å². The number of benzene rings is 1. The Morgan fingerprint density at radius 3 is 2.68 bits per heavy atom. The minimum absolute atomic E-state index is 0.0489. The number of nitrogens with zero attached hydrogens (tertiary/aromatic N) is 1. The highest BCUT2D eigenvalue weighted by Gasteiger charge is 2.43. The van der Waals surface area contributed by atoms with E-state index in [-0.39, 0.29) is 17.9 Å². The zero-order valence-corrected chi connectivity index (χ0v) is 11.2. The van der Waals surface area contributed by atoms with Crippen LogP contribution in [0.4, 0.5) is 0 Å². The molecule has 19 heavy (non-hydrogen) atoms. The average Bonchev–Trinajstić information content (AvgIpc) is 2.72. The molecule has 104 valence electrons. The number of hydrogen-bond acceptors (Lipinski definition) is 4. The van der Waals surface area contributed by atoms with Crippen LogP contribution in [0.3, 0.4) is 0 Å². The first-order chi connectivity index (χ1) is 8.82. The number of aryl methyl sites for hydroxylation is 1. The van der Waals surface area contributed by atoms with Gasteiger partial charge in [-0.25, -0.2) is 8.42 Å². The van der Waals surface area contributed by atoms with Gasteiger partial charge in [0.15, 0.2) is 0 Å². The number of carbonyl (C=O) groups is 1. The topological polar surface area (TPSA) is 94.9 Å². The highest BCUT2D eigenvalue weighted by molar-refractivity contribution is 7.89. The van der Waals surface area contributed by atoms with E-state index in [1.165, 1.54) is 12.1 Å². The summed E-state index contributed by atoms with van der Waals surface area (Å²) in [5.74, 6) is -1.24. The number of aliphatic carboxylic acids is 1. The highest BCUT2D eigenvalue weighted by Crippen LogP contribution is 2.26. The van der Waals surface area contributed by atoms with E-state index in [2.05, 4.69) is 0 Å². The smallest absolute Gasteiger partial charge is 0.322 e. The molecule has 1 aromatic carbocycles. The SMILES string of the molecule is Cc1cccc(S(=O)(=O)N2C[C@H](O)C[C@H]2C(=O)O)c1. The minimum atomic E-state index is -3.90. The van der Waals surface area contributed by atoms with E-state index < -0.39 is 28.1 Å². The van der Waals surface area contributed by atoms with Gasteiger partial charge < -0.3 is 10.2 Å². The van der Waals surface area contributed by atoms with Gasteiger partial charge in [0, 0.05) is 13.0 Å². The molecule has 1 aliphatic rings. The maximum absolute atomic E-state index is 12.4. The van der Waals surface area contributed by atoms with Crippen molar-refractivity contribution in [1.29, 1.82) is 0 Å². The summed E-state index contributed by atoms with van der Waals surface area (Å²) in [7, 11) is -3.90. The number of aliphatic hydroxyl groups is 1. The third kappa shape index (κ3) is 2.63. The molecule has 0 amide bonds. The number of sulfonamides is 1. The van der Waals surface area contributed by atoms with Crippen LogP contribution >= 0.6 is 0 Å². The largest absolute Gasteiger partial charge is 0.480 e. The number of carboxylic acid groups (broad SMARTS) is 1. The van der Waals surface area contributed by atoms with Crippen LogP contribution in [0.1, 0.15) is 12.0 Å². The van der Waals surface area contributed by atoms with Crippen LogP contribution in [0.25, 0.3) is 0 Å². The summed E-state index contributed by atoms with van der Waals surface area (Å²) in [6.45, 7) is 1.57. The molecule has 7 heteroatoms. The van der Waals surface area contributed by atoms with E-state index in [1.54, 1.807) is 19.1 Å². The molecule has 1 saturated heterocycles. The Morgan fingerprint density at radius 2 is 2.11 bits per heavy atom. The molecule has 0 aliphatic carbocycles. The van der Waals surface area contributed by atoms with Gasteiger partial charge in [-0.3, -0.25) is 4.79 Å². The molecule has 0 saturated carbocycles. The monoisotopic (exact) mass is 285 g/mol. The van der Waals surface area contributed by atoms with Crippen LogP contribution in [0.15, 0.2) is 29.2 Å². The standard InChI is InChI=1S/C12H15NO5S/c1-8-3-2-4-10(5-8)19(17,18)13-7-9(14)6-11(13)12(15)16/h2-5,9,11,14H,6-7H2,1H3,(H,15,16)/t9-,11+/m1/s1. The van der Waals surface area contributed by atoms with Gasteiger partial charge in [0.1, 0.15) is 6.04 Å². The van der Waals surface area contributed by atoms with Crippen LogP contribution in [0.2, 0.25) is 0 Å². The summed E-state index contributed by atoms with van der Waals surface area (Å²) in [4.78, 5) is 11.1. The second-order valence-corrected chi connectivity index (χ2v) is 6.53. The fourth-order valence-corrected chi connectivity index (χ4v) is 3.92. The van der Waals surface area contributed by atoms with Crippen molar-refractivity contribution in [1.82, 2.24) is 4.31 Å². The van der Waals surface area contributed by atoms with Crippen LogP contribution in [-0.2, 0) is 14.8 Å². The third-order valence-electron chi connectivity index (χ3n) is 3.11. The molecule has 0 spiro atoms. The van der Waals surface area contributed by atoms with Gasteiger partial charge in [0.2, 0.25) is 10.0 Å². The number of aliphatic hydroxyl groups excluding tert-OH is 1. The lowest BCUT2D eigenvalue weighted by Crippen LogP contribution is -2.40. The maximum atomic E-state index is 12.4. The van der Waals surface area contributed by atoms with Gasteiger partial charge >= 0.3 is 5.97 Å². The van der Waals surface area contributed by atoms with Crippen LogP contribution in [-0.4, -0.2) is 47.6 Å². The van der Waals surface area contributed by atoms with E-state index in [4.69, 9.17) is 5.11 Å². The molecule has 1 aromatic rings. The van der Waals surface area contributed by atoms with Gasteiger partial charge in [-0.2, -0.15) is 4.31 Å². The Bertz CT molecular complexity index is 598. The summed E-state index contributed by atoms with van der Waals surface area (Å²) in [6, 6.07) is 5.06. The summed E-state index contributed by atoms with van der Waals surface area (Å²) < 4.78 is 25.7. The molecule has 1 heterocycles. The number of rotatable bonds is 3. The molecular formula is C12H15NO5S. The van der Waals surface area contributed by atoms with Crippen LogP contribution < -0.4 is 0 Å². The Kier molecular flexibility index (Phi) is 3.62. The zero-order chi connectivity index (χ0) is 14.2. The first-order valence-electron chi connectivity index (χ1n) is 5.82. The molecule has 1 aliphatic heterocycles. The maximum Gasteiger partial charge on any atom is 0.322 e. The second kappa shape index (κ2) is 4.92. The molecule has 0 aromatic heterocycles. The molecule has 2 atom stereocenters. The molecular weight excluding hydrogens is 270 g/mol. The molecule has 2 N–H and O–H groups in total. The molecule has 1 fully saturated rings. The molecule has 6 nitrogen and oxygen atoms in total. The lowest BCUT2D eigenvalue weighted by Gasteiger charge is -2.20. The van der Waals surface area contributed by atoms with Crippen molar-refractivity contribution in [3.8, 4) is 0 Å². The van der Waals surface area contributed by atoms with E-state index >= 15 is 0 Å². The Labute approximate surface area is 111 Å². The predicted molar refractivity (Wildman–Crippen MR) is 67.1 cm³/mol. The first kappa shape index (κ1) is 14.0. The zero-order valence-electron chi connectivity index (χ0n) is 10.4.